The minimum absolute atomic E-state index is 0.0955. The summed E-state index contributed by atoms with van der Waals surface area (Å²) in [5.41, 5.74) is 5.65. The molecule has 1 N–H and O–H groups in total. The number of aryl methyl sites for hydroxylation is 3. The Hall–Kier alpha value is -3.42. The van der Waals surface area contributed by atoms with E-state index in [1.165, 1.54) is 11.8 Å². The van der Waals surface area contributed by atoms with Crippen molar-refractivity contribution in [2.24, 2.45) is 0 Å². The van der Waals surface area contributed by atoms with Gasteiger partial charge < -0.3 is 10.1 Å². The first-order valence-electron chi connectivity index (χ1n) is 10.7. The van der Waals surface area contributed by atoms with Crippen LogP contribution in [0.3, 0.4) is 0 Å². The summed E-state index contributed by atoms with van der Waals surface area (Å²) in [5, 5.41) is 2.80. The molecule has 2 amide bonds. The molecule has 1 aliphatic heterocycles. The van der Waals surface area contributed by atoms with Crippen LogP contribution in [0.5, 0.6) is 5.75 Å². The molecule has 7 heteroatoms. The topological polar surface area (TPSA) is 58.6 Å². The third-order valence-electron chi connectivity index (χ3n) is 5.27. The Bertz CT molecular complexity index is 1280. The Labute approximate surface area is 208 Å². The Morgan fingerprint density at radius 3 is 2.35 bits per heavy atom. The van der Waals surface area contributed by atoms with Gasteiger partial charge in [0.1, 0.15) is 5.75 Å². The largest absolute Gasteiger partial charge is 0.484 e. The second-order valence-electron chi connectivity index (χ2n) is 8.08. The summed E-state index contributed by atoms with van der Waals surface area (Å²) in [7, 11) is 0. The van der Waals surface area contributed by atoms with Crippen LogP contribution in [0.4, 0.5) is 11.4 Å². The molecule has 5 nitrogen and oxygen atoms in total. The molecule has 1 heterocycles. The average Bonchev–Trinajstić information content (AvgIpc) is 3.08. The maximum atomic E-state index is 13.1. The van der Waals surface area contributed by atoms with Gasteiger partial charge in [0, 0.05) is 5.69 Å². The molecule has 0 aliphatic carbocycles. The molecule has 0 unspecified atom stereocenters. The Morgan fingerprint density at radius 1 is 1.00 bits per heavy atom. The summed E-state index contributed by atoms with van der Waals surface area (Å²) in [6.07, 6.45) is 1.82. The number of carbonyl (C=O) groups excluding carboxylic acids is 2. The summed E-state index contributed by atoms with van der Waals surface area (Å²) >= 11 is 6.78. The van der Waals surface area contributed by atoms with E-state index in [1.54, 1.807) is 17.0 Å². The van der Waals surface area contributed by atoms with Gasteiger partial charge in [-0.15, -0.1) is 0 Å². The second kappa shape index (κ2) is 10.2. The van der Waals surface area contributed by atoms with Gasteiger partial charge in [-0.2, -0.15) is 0 Å². The molecule has 0 radical (unpaired) electrons. The highest BCUT2D eigenvalue weighted by atomic mass is 32.2. The number of hydrogen-bond donors (Lipinski definition) is 1. The second-order valence-corrected chi connectivity index (χ2v) is 9.75. The number of carbonyl (C=O) groups is 2. The number of thioether (sulfide) groups is 1. The van der Waals surface area contributed by atoms with E-state index in [1.807, 2.05) is 81.4 Å². The van der Waals surface area contributed by atoms with E-state index in [-0.39, 0.29) is 18.4 Å². The highest BCUT2D eigenvalue weighted by molar-refractivity contribution is 8.27. The van der Waals surface area contributed by atoms with Crippen LogP contribution in [0.15, 0.2) is 71.6 Å². The number of nitrogens with zero attached hydrogens (tertiary/aromatic N) is 1. The third-order valence-corrected chi connectivity index (χ3v) is 6.57. The number of rotatable bonds is 6. The minimum atomic E-state index is -0.233. The fourth-order valence-electron chi connectivity index (χ4n) is 3.53. The van der Waals surface area contributed by atoms with Gasteiger partial charge in [-0.25, -0.2) is 0 Å². The van der Waals surface area contributed by atoms with Gasteiger partial charge in [0.15, 0.2) is 10.9 Å². The number of benzene rings is 3. The van der Waals surface area contributed by atoms with Gasteiger partial charge in [0.2, 0.25) is 0 Å². The van der Waals surface area contributed by atoms with Crippen molar-refractivity contribution in [3.63, 3.8) is 0 Å². The third kappa shape index (κ3) is 5.55. The van der Waals surface area contributed by atoms with E-state index in [4.69, 9.17) is 17.0 Å². The van der Waals surface area contributed by atoms with E-state index < -0.39 is 0 Å². The first-order chi connectivity index (χ1) is 16.3. The molecule has 0 aromatic heterocycles. The van der Waals surface area contributed by atoms with E-state index in [0.717, 1.165) is 33.6 Å². The fraction of sp³-hybridized carbons (Fsp3) is 0.148. The monoisotopic (exact) mass is 488 g/mol. The molecule has 3 aromatic rings. The molecule has 1 fully saturated rings. The molecule has 4 rings (SSSR count). The number of ether oxygens (including phenoxy) is 1. The van der Waals surface area contributed by atoms with E-state index >= 15 is 0 Å². The summed E-state index contributed by atoms with van der Waals surface area (Å²) in [5.74, 6) is 0.206. The van der Waals surface area contributed by atoms with Gasteiger partial charge in [0.05, 0.1) is 10.6 Å². The average molecular weight is 489 g/mol. The summed E-state index contributed by atoms with van der Waals surface area (Å²) in [6, 6.07) is 20.8. The van der Waals surface area contributed by atoms with Gasteiger partial charge >= 0.3 is 0 Å². The van der Waals surface area contributed by atoms with Crippen LogP contribution in [0.2, 0.25) is 0 Å². The van der Waals surface area contributed by atoms with Gasteiger partial charge in [-0.3, -0.25) is 14.5 Å². The number of nitrogens with one attached hydrogen (secondary N) is 1. The lowest BCUT2D eigenvalue weighted by Gasteiger charge is -2.17. The van der Waals surface area contributed by atoms with Crippen molar-refractivity contribution in [1.29, 1.82) is 0 Å². The van der Waals surface area contributed by atoms with Gasteiger partial charge in [0.25, 0.3) is 11.8 Å². The van der Waals surface area contributed by atoms with E-state index in [0.29, 0.717) is 15.0 Å². The summed E-state index contributed by atoms with van der Waals surface area (Å²) in [4.78, 5) is 27.3. The highest BCUT2D eigenvalue weighted by Gasteiger charge is 2.34. The molecule has 172 valence electrons. The predicted octanol–water partition coefficient (Wildman–Crippen LogP) is 6.04. The zero-order valence-electron chi connectivity index (χ0n) is 19.1. The molecule has 0 bridgehead atoms. The van der Waals surface area contributed by atoms with Crippen molar-refractivity contribution >= 4 is 57.6 Å². The Balaban J connectivity index is 1.38. The highest BCUT2D eigenvalue weighted by Crippen LogP contribution is 2.37. The molecular weight excluding hydrogens is 464 g/mol. The quantitative estimate of drug-likeness (QED) is 0.339. The maximum absolute atomic E-state index is 13.1. The summed E-state index contributed by atoms with van der Waals surface area (Å²) in [6.45, 7) is 5.89. The van der Waals surface area contributed by atoms with Crippen molar-refractivity contribution < 1.29 is 14.3 Å². The molecule has 0 spiro atoms. The molecule has 0 atom stereocenters. The van der Waals surface area contributed by atoms with E-state index in [9.17, 15) is 9.59 Å². The van der Waals surface area contributed by atoms with Crippen molar-refractivity contribution in [3.8, 4) is 5.75 Å². The minimum Gasteiger partial charge on any atom is -0.484 e. The lowest BCUT2D eigenvalue weighted by atomic mass is 10.1. The number of thiocarbonyl (C=S) groups is 1. The summed E-state index contributed by atoms with van der Waals surface area (Å²) < 4.78 is 6.11. The Kier molecular flexibility index (Phi) is 7.14. The first-order valence-corrected chi connectivity index (χ1v) is 12.0. The number of amides is 2. The predicted molar refractivity (Wildman–Crippen MR) is 143 cm³/mol. The first kappa shape index (κ1) is 23.7. The fourth-order valence-corrected chi connectivity index (χ4v) is 4.81. The van der Waals surface area contributed by atoms with Crippen LogP contribution < -0.4 is 15.0 Å². The molecule has 3 aromatic carbocycles. The lowest BCUT2D eigenvalue weighted by Crippen LogP contribution is -2.28. The van der Waals surface area contributed by atoms with Crippen LogP contribution in [0.1, 0.15) is 22.3 Å². The van der Waals surface area contributed by atoms with Crippen molar-refractivity contribution in [2.75, 3.05) is 16.8 Å². The van der Waals surface area contributed by atoms with Crippen LogP contribution >= 0.6 is 24.0 Å². The maximum Gasteiger partial charge on any atom is 0.270 e. The van der Waals surface area contributed by atoms with Crippen LogP contribution in [0.25, 0.3) is 6.08 Å². The zero-order chi connectivity index (χ0) is 24.2. The Morgan fingerprint density at radius 2 is 1.68 bits per heavy atom. The number of anilines is 2. The smallest absolute Gasteiger partial charge is 0.270 e. The molecule has 1 saturated heterocycles. The van der Waals surface area contributed by atoms with Crippen LogP contribution in [0, 0.1) is 20.8 Å². The zero-order valence-corrected chi connectivity index (χ0v) is 20.8. The van der Waals surface area contributed by atoms with E-state index in [2.05, 4.69) is 5.32 Å². The number of hydrogen-bond acceptors (Lipinski definition) is 5. The van der Waals surface area contributed by atoms with Gasteiger partial charge in [-0.1, -0.05) is 71.5 Å². The standard InChI is InChI=1S/C27H24N2O3S2/c1-17-4-9-21(10-5-17)28-25(30)16-32-22-11-7-20(8-12-22)15-24-26(31)29(27(33)34-24)23-13-6-18(2)14-19(23)3/h4-15H,16H2,1-3H3,(H,28,30)/b24-15-. The lowest BCUT2D eigenvalue weighted by molar-refractivity contribution is -0.118. The SMILES string of the molecule is Cc1ccc(NC(=O)COc2ccc(/C=C3\SC(=S)N(c4ccc(C)cc4C)C3=O)cc2)cc1. The molecule has 34 heavy (non-hydrogen) atoms. The van der Waals surface area contributed by atoms with Crippen LogP contribution in [-0.4, -0.2) is 22.7 Å². The molecule has 1 aliphatic rings. The van der Waals surface area contributed by atoms with Crippen molar-refractivity contribution in [2.45, 2.75) is 20.8 Å². The van der Waals surface area contributed by atoms with Crippen molar-refractivity contribution in [3.05, 3.63) is 93.9 Å². The van der Waals surface area contributed by atoms with Gasteiger partial charge in [-0.05, 0) is 68.3 Å². The molecular formula is C27H24N2O3S2. The van der Waals surface area contributed by atoms with Crippen molar-refractivity contribution in [1.82, 2.24) is 0 Å². The molecule has 0 saturated carbocycles. The normalized spacial score (nSPS) is 14.6. The van der Waals surface area contributed by atoms with Crippen LogP contribution in [-0.2, 0) is 9.59 Å².